The van der Waals surface area contributed by atoms with E-state index in [2.05, 4.69) is 4.98 Å². The van der Waals surface area contributed by atoms with Crippen molar-refractivity contribution in [1.82, 2.24) is 10.5 Å². The van der Waals surface area contributed by atoms with Gasteiger partial charge in [0.2, 0.25) is 0 Å². The molecule has 12 heavy (non-hydrogen) atoms. The van der Waals surface area contributed by atoms with Gasteiger partial charge in [-0.1, -0.05) is 6.07 Å². The summed E-state index contributed by atoms with van der Waals surface area (Å²) in [5.74, 6) is -3.19. The van der Waals surface area contributed by atoms with E-state index >= 15 is 0 Å². The van der Waals surface area contributed by atoms with Crippen LogP contribution in [0.3, 0.4) is 0 Å². The molecule has 1 N–H and O–H groups in total. The number of nitrogens with zero attached hydrogens (tertiary/aromatic N) is 1. The lowest BCUT2D eigenvalue weighted by molar-refractivity contribution is -0.00443. The molecule has 0 spiro atoms. The number of alkyl halides is 2. The van der Waals surface area contributed by atoms with Crippen LogP contribution in [-0.4, -0.2) is 11.5 Å². The van der Waals surface area contributed by atoms with E-state index in [0.29, 0.717) is 0 Å². The van der Waals surface area contributed by atoms with E-state index in [1.807, 2.05) is 0 Å². The van der Waals surface area contributed by atoms with Crippen LogP contribution in [-0.2, 0) is 5.92 Å². The molecule has 0 unspecified atom stereocenters. The van der Waals surface area contributed by atoms with Crippen molar-refractivity contribution in [3.05, 3.63) is 35.3 Å². The fourth-order valence-corrected chi connectivity index (χ4v) is 0.760. The third-order valence-corrected chi connectivity index (χ3v) is 1.33. The fraction of sp³-hybridized carbons (Fsp3) is 0.286. The van der Waals surface area contributed by atoms with Crippen molar-refractivity contribution < 1.29 is 8.78 Å². The molecule has 3 nitrogen and oxygen atoms in total. The first-order valence-electron chi connectivity index (χ1n) is 3.31. The number of pyridine rings is 1. The van der Waals surface area contributed by atoms with Gasteiger partial charge in [0.25, 0.3) is 0 Å². The molecule has 0 saturated carbocycles. The first-order chi connectivity index (χ1) is 5.67. The van der Waals surface area contributed by atoms with Gasteiger partial charge in [-0.05, 0) is 12.1 Å². The first kappa shape index (κ1) is 9.02. The molecule has 5 heteroatoms. The quantitative estimate of drug-likeness (QED) is 0.700. The fourth-order valence-electron chi connectivity index (χ4n) is 0.760. The highest BCUT2D eigenvalue weighted by atomic mass is 19.3. The van der Waals surface area contributed by atoms with E-state index in [0.717, 1.165) is 0 Å². The molecule has 1 heterocycles. The summed E-state index contributed by atoms with van der Waals surface area (Å²) in [6, 6.07) is 4.16. The second kappa shape index (κ2) is 3.55. The van der Waals surface area contributed by atoms with E-state index in [1.165, 1.54) is 29.9 Å². The van der Waals surface area contributed by atoms with Crippen LogP contribution in [0.4, 0.5) is 8.78 Å². The minimum absolute atomic E-state index is 0.395. The van der Waals surface area contributed by atoms with E-state index in [-0.39, 0.29) is 0 Å². The van der Waals surface area contributed by atoms with Crippen molar-refractivity contribution in [2.45, 2.75) is 5.92 Å². The Balaban J connectivity index is 2.82. The lowest BCUT2D eigenvalue weighted by Gasteiger charge is -2.18. The predicted octanol–water partition coefficient (Wildman–Crippen LogP) is 1.26. The number of nitrogens with one attached hydrogen (secondary N) is 1. The summed E-state index contributed by atoms with van der Waals surface area (Å²) >= 11 is 0. The van der Waals surface area contributed by atoms with Crippen LogP contribution in [0.5, 0.6) is 0 Å². The summed E-state index contributed by atoms with van der Waals surface area (Å²) in [7, 11) is 0. The lowest BCUT2D eigenvalue weighted by Crippen LogP contribution is -2.27. The van der Waals surface area contributed by atoms with Crippen LogP contribution >= 0.6 is 0 Å². The van der Waals surface area contributed by atoms with E-state index in [9.17, 15) is 14.0 Å². The summed E-state index contributed by atoms with van der Waals surface area (Å²) in [6.07, 6.45) is 1.26. The zero-order valence-electron chi connectivity index (χ0n) is 6.13. The Labute approximate surface area is 68.0 Å². The molecule has 0 bridgehead atoms. The van der Waals surface area contributed by atoms with E-state index in [1.54, 1.807) is 0 Å². The van der Waals surface area contributed by atoms with Crippen LogP contribution < -0.4 is 5.48 Å². The monoisotopic (exact) mass is 173 g/mol. The molecule has 1 aromatic heterocycles. The molecule has 1 aromatic rings. The molecule has 0 aliphatic rings. The Hall–Kier alpha value is -1.07. The van der Waals surface area contributed by atoms with Gasteiger partial charge < -0.3 is 10.7 Å². The van der Waals surface area contributed by atoms with Crippen LogP contribution in [0.1, 0.15) is 5.69 Å². The highest BCUT2D eigenvalue weighted by Crippen LogP contribution is 2.24. The second-order valence-electron chi connectivity index (χ2n) is 2.24. The standard InChI is InChI=1S/C7H7F2N2O/c8-7(9,5-11-12)6-3-1-2-4-10-6/h1-4,11H,5H2/q-1. The Morgan fingerprint density at radius 1 is 1.50 bits per heavy atom. The molecule has 0 aromatic carbocycles. The smallest absolute Gasteiger partial charge is 0.300 e. The Morgan fingerprint density at radius 3 is 2.75 bits per heavy atom. The van der Waals surface area contributed by atoms with Crippen molar-refractivity contribution in [3.63, 3.8) is 0 Å². The summed E-state index contributed by atoms with van der Waals surface area (Å²) in [4.78, 5) is 3.44. The van der Waals surface area contributed by atoms with Crippen molar-refractivity contribution >= 4 is 0 Å². The van der Waals surface area contributed by atoms with Crippen LogP contribution in [0.15, 0.2) is 24.4 Å². The van der Waals surface area contributed by atoms with Crippen molar-refractivity contribution in [2.24, 2.45) is 0 Å². The van der Waals surface area contributed by atoms with Crippen LogP contribution in [0, 0.1) is 5.21 Å². The average Bonchev–Trinajstić information content (AvgIpc) is 2.06. The van der Waals surface area contributed by atoms with Gasteiger partial charge in [-0.3, -0.25) is 4.98 Å². The Kier molecular flexibility index (Phi) is 2.67. The van der Waals surface area contributed by atoms with Gasteiger partial charge in [0, 0.05) is 6.20 Å². The highest BCUT2D eigenvalue weighted by Gasteiger charge is 2.30. The minimum Gasteiger partial charge on any atom is -0.788 e. The van der Waals surface area contributed by atoms with E-state index < -0.39 is 18.2 Å². The second-order valence-corrected chi connectivity index (χ2v) is 2.24. The average molecular weight is 173 g/mol. The van der Waals surface area contributed by atoms with Crippen LogP contribution in [0.25, 0.3) is 0 Å². The largest absolute Gasteiger partial charge is 0.788 e. The molecule has 0 radical (unpaired) electrons. The normalized spacial score (nSPS) is 11.6. The number of halogens is 2. The molecule has 0 amide bonds. The molecule has 0 aliphatic carbocycles. The first-order valence-corrected chi connectivity index (χ1v) is 3.31. The molecule has 0 saturated heterocycles. The molecule has 0 aliphatic heterocycles. The number of hydrogen-bond acceptors (Lipinski definition) is 3. The van der Waals surface area contributed by atoms with Crippen LogP contribution in [0.2, 0.25) is 0 Å². The number of hydrogen-bond donors (Lipinski definition) is 1. The molecule has 66 valence electrons. The number of hydroxylamine groups is 1. The molecular weight excluding hydrogens is 166 g/mol. The predicted molar refractivity (Wildman–Crippen MR) is 39.5 cm³/mol. The van der Waals surface area contributed by atoms with Gasteiger partial charge in [0.05, 0.1) is 6.54 Å². The van der Waals surface area contributed by atoms with Gasteiger partial charge in [0.1, 0.15) is 5.69 Å². The maximum absolute atomic E-state index is 12.8. The summed E-state index contributed by atoms with van der Waals surface area (Å²) in [5, 5.41) is 9.76. The third-order valence-electron chi connectivity index (χ3n) is 1.33. The number of aromatic nitrogens is 1. The zero-order valence-corrected chi connectivity index (χ0v) is 6.13. The van der Waals surface area contributed by atoms with Gasteiger partial charge in [0.15, 0.2) is 0 Å². The maximum Gasteiger partial charge on any atom is 0.300 e. The van der Waals surface area contributed by atoms with Crippen molar-refractivity contribution in [1.29, 1.82) is 0 Å². The molecular formula is C7H7F2N2O-. The molecule has 0 atom stereocenters. The van der Waals surface area contributed by atoms with Gasteiger partial charge in [-0.25, -0.2) is 0 Å². The van der Waals surface area contributed by atoms with Gasteiger partial charge >= 0.3 is 5.92 Å². The maximum atomic E-state index is 12.8. The number of rotatable bonds is 3. The van der Waals surface area contributed by atoms with Crippen molar-refractivity contribution in [3.8, 4) is 0 Å². The minimum atomic E-state index is -3.19. The zero-order chi connectivity index (χ0) is 9.03. The third kappa shape index (κ3) is 1.96. The molecule has 0 fully saturated rings. The topological polar surface area (TPSA) is 48.0 Å². The summed E-state index contributed by atoms with van der Waals surface area (Å²) in [6.45, 7) is -0.940. The Bertz CT molecular complexity index is 240. The summed E-state index contributed by atoms with van der Waals surface area (Å²) < 4.78 is 25.7. The Morgan fingerprint density at radius 2 is 2.25 bits per heavy atom. The highest BCUT2D eigenvalue weighted by molar-refractivity contribution is 5.10. The SMILES string of the molecule is [O-]NCC(F)(F)c1ccccn1. The lowest BCUT2D eigenvalue weighted by atomic mass is 10.2. The van der Waals surface area contributed by atoms with Gasteiger partial charge in [-0.2, -0.15) is 8.78 Å². The molecule has 1 rings (SSSR count). The van der Waals surface area contributed by atoms with Gasteiger partial charge in [-0.15, -0.1) is 0 Å². The summed E-state index contributed by atoms with van der Waals surface area (Å²) in [5.41, 5.74) is 0.771. The van der Waals surface area contributed by atoms with Crippen molar-refractivity contribution in [2.75, 3.05) is 6.54 Å². The van der Waals surface area contributed by atoms with E-state index in [4.69, 9.17) is 0 Å².